The summed E-state index contributed by atoms with van der Waals surface area (Å²) < 4.78 is 16.4. The lowest BCUT2D eigenvalue weighted by atomic mass is 10.2. The first-order chi connectivity index (χ1) is 9.63. The van der Waals surface area contributed by atoms with Crippen LogP contribution in [0.2, 0.25) is 0 Å². The molecule has 0 unspecified atom stereocenters. The smallest absolute Gasteiger partial charge is 0.207 e. The van der Waals surface area contributed by atoms with Crippen LogP contribution in [0.3, 0.4) is 0 Å². The zero-order valence-electron chi connectivity index (χ0n) is 11.4. The highest BCUT2D eigenvalue weighted by Gasteiger charge is 2.20. The number of aromatic nitrogens is 2. The third-order valence-electron chi connectivity index (χ3n) is 3.75. The summed E-state index contributed by atoms with van der Waals surface area (Å²) >= 11 is 3.44. The monoisotopic (exact) mass is 337 g/mol. The van der Waals surface area contributed by atoms with Gasteiger partial charge in [0.2, 0.25) is 5.95 Å². The van der Waals surface area contributed by atoms with Crippen LogP contribution in [0.1, 0.15) is 37.4 Å². The summed E-state index contributed by atoms with van der Waals surface area (Å²) in [5, 5.41) is 3.24. The fraction of sp³-hybridized carbons (Fsp3) is 0.400. The van der Waals surface area contributed by atoms with Crippen molar-refractivity contribution in [2.45, 2.75) is 38.6 Å². The Kier molecular flexibility index (Phi) is 3.78. The molecule has 1 fully saturated rings. The van der Waals surface area contributed by atoms with Gasteiger partial charge in [-0.15, -0.1) is 0 Å². The molecular formula is C15H17BrFN3. The second-order valence-corrected chi connectivity index (χ2v) is 6.15. The third kappa shape index (κ3) is 2.73. The van der Waals surface area contributed by atoms with Crippen molar-refractivity contribution >= 4 is 27.6 Å². The minimum Gasteiger partial charge on any atom is -0.324 e. The summed E-state index contributed by atoms with van der Waals surface area (Å²) in [7, 11) is 0. The van der Waals surface area contributed by atoms with Crippen LogP contribution in [0, 0.1) is 12.7 Å². The highest BCUT2D eigenvalue weighted by molar-refractivity contribution is 9.10. The summed E-state index contributed by atoms with van der Waals surface area (Å²) in [6, 6.07) is 5.12. The lowest BCUT2D eigenvalue weighted by molar-refractivity contribution is 0.524. The number of imidazole rings is 1. The molecule has 3 nitrogen and oxygen atoms in total. The van der Waals surface area contributed by atoms with E-state index >= 15 is 0 Å². The molecule has 0 radical (unpaired) electrons. The fourth-order valence-corrected chi connectivity index (χ4v) is 3.13. The molecule has 106 valence electrons. The van der Waals surface area contributed by atoms with E-state index < -0.39 is 0 Å². The van der Waals surface area contributed by atoms with Crippen molar-refractivity contribution in [2.24, 2.45) is 0 Å². The fourth-order valence-electron chi connectivity index (χ4n) is 2.78. The average molecular weight is 338 g/mol. The van der Waals surface area contributed by atoms with Crippen LogP contribution in [-0.4, -0.2) is 9.55 Å². The summed E-state index contributed by atoms with van der Waals surface area (Å²) in [5.41, 5.74) is 1.68. The van der Waals surface area contributed by atoms with Gasteiger partial charge in [0, 0.05) is 16.7 Å². The van der Waals surface area contributed by atoms with Gasteiger partial charge in [-0.25, -0.2) is 9.37 Å². The van der Waals surface area contributed by atoms with Crippen molar-refractivity contribution in [1.29, 1.82) is 0 Å². The number of nitrogens with zero attached hydrogens (tertiary/aromatic N) is 2. The second kappa shape index (κ2) is 5.56. The topological polar surface area (TPSA) is 29.9 Å². The minimum atomic E-state index is -0.258. The number of rotatable bonds is 3. The van der Waals surface area contributed by atoms with Crippen molar-refractivity contribution in [1.82, 2.24) is 9.55 Å². The molecule has 1 aromatic carbocycles. The number of halogens is 2. The van der Waals surface area contributed by atoms with E-state index in [1.165, 1.54) is 37.8 Å². The van der Waals surface area contributed by atoms with Gasteiger partial charge in [-0.2, -0.15) is 0 Å². The molecule has 1 aliphatic rings. The van der Waals surface area contributed by atoms with Gasteiger partial charge in [-0.1, -0.05) is 12.8 Å². The van der Waals surface area contributed by atoms with Gasteiger partial charge in [-0.3, -0.25) is 0 Å². The molecule has 0 bridgehead atoms. The van der Waals surface area contributed by atoms with E-state index in [-0.39, 0.29) is 5.82 Å². The predicted molar refractivity (Wildman–Crippen MR) is 81.9 cm³/mol. The molecule has 1 heterocycles. The van der Waals surface area contributed by atoms with Crippen molar-refractivity contribution in [2.75, 3.05) is 5.32 Å². The van der Waals surface area contributed by atoms with Crippen LogP contribution >= 0.6 is 15.9 Å². The number of hydrogen-bond donors (Lipinski definition) is 1. The third-order valence-corrected chi connectivity index (χ3v) is 4.44. The summed E-state index contributed by atoms with van der Waals surface area (Å²) in [6.07, 6.45) is 6.99. The zero-order chi connectivity index (χ0) is 14.1. The first kappa shape index (κ1) is 13.6. The largest absolute Gasteiger partial charge is 0.324 e. The van der Waals surface area contributed by atoms with E-state index in [9.17, 15) is 4.39 Å². The molecule has 1 aromatic heterocycles. The van der Waals surface area contributed by atoms with Crippen LogP contribution in [0.4, 0.5) is 16.0 Å². The van der Waals surface area contributed by atoms with Gasteiger partial charge in [0.25, 0.3) is 0 Å². The average Bonchev–Trinajstić information content (AvgIpc) is 3.03. The Morgan fingerprint density at radius 3 is 2.85 bits per heavy atom. The van der Waals surface area contributed by atoms with Crippen LogP contribution in [0.15, 0.2) is 28.9 Å². The Morgan fingerprint density at radius 2 is 2.10 bits per heavy atom. The molecule has 0 aliphatic heterocycles. The normalized spacial score (nSPS) is 15.8. The summed E-state index contributed by atoms with van der Waals surface area (Å²) in [5.74, 6) is 0.534. The van der Waals surface area contributed by atoms with Gasteiger partial charge in [0.05, 0.1) is 11.4 Å². The molecule has 1 N–H and O–H groups in total. The molecule has 20 heavy (non-hydrogen) atoms. The quantitative estimate of drug-likeness (QED) is 0.858. The van der Waals surface area contributed by atoms with Gasteiger partial charge < -0.3 is 9.88 Å². The Morgan fingerprint density at radius 1 is 1.35 bits per heavy atom. The van der Waals surface area contributed by atoms with E-state index in [0.29, 0.717) is 11.7 Å². The minimum absolute atomic E-state index is 0.258. The van der Waals surface area contributed by atoms with E-state index in [1.54, 1.807) is 6.07 Å². The molecule has 2 aromatic rings. The Balaban J connectivity index is 1.92. The van der Waals surface area contributed by atoms with E-state index in [2.05, 4.69) is 37.0 Å². The van der Waals surface area contributed by atoms with Crippen LogP contribution in [-0.2, 0) is 0 Å². The van der Waals surface area contributed by atoms with Gasteiger partial charge in [0.1, 0.15) is 5.82 Å². The predicted octanol–water partition coefficient (Wildman–Crippen LogP) is 4.95. The van der Waals surface area contributed by atoms with Crippen molar-refractivity contribution < 1.29 is 4.39 Å². The standard InChI is InChI=1S/C15H17BrFN3/c1-10-9-20(12-4-2-3-5-12)15(18-10)19-14-8-11(17)6-7-13(14)16/h6-9,12H,2-5H2,1H3,(H,18,19). The first-order valence-corrected chi connectivity index (χ1v) is 7.70. The number of nitrogens with one attached hydrogen (secondary N) is 1. The number of aryl methyl sites for hydroxylation is 1. The summed E-state index contributed by atoms with van der Waals surface area (Å²) in [4.78, 5) is 4.53. The Bertz CT molecular complexity index is 618. The van der Waals surface area contributed by atoms with Crippen molar-refractivity contribution in [3.05, 3.63) is 40.4 Å². The van der Waals surface area contributed by atoms with Gasteiger partial charge >= 0.3 is 0 Å². The van der Waals surface area contributed by atoms with E-state index in [1.807, 2.05) is 6.92 Å². The molecule has 0 saturated heterocycles. The molecule has 3 rings (SSSR count). The molecule has 0 atom stereocenters. The second-order valence-electron chi connectivity index (χ2n) is 5.30. The highest BCUT2D eigenvalue weighted by Crippen LogP contribution is 2.34. The van der Waals surface area contributed by atoms with E-state index in [4.69, 9.17) is 0 Å². The van der Waals surface area contributed by atoms with Crippen molar-refractivity contribution in [3.63, 3.8) is 0 Å². The van der Waals surface area contributed by atoms with Gasteiger partial charge in [0.15, 0.2) is 0 Å². The maximum Gasteiger partial charge on any atom is 0.207 e. The summed E-state index contributed by atoms with van der Waals surface area (Å²) in [6.45, 7) is 1.98. The maximum atomic E-state index is 13.4. The number of anilines is 2. The van der Waals surface area contributed by atoms with Crippen LogP contribution < -0.4 is 5.32 Å². The maximum absolute atomic E-state index is 13.4. The first-order valence-electron chi connectivity index (χ1n) is 6.91. The highest BCUT2D eigenvalue weighted by atomic mass is 79.9. The Labute approximate surface area is 126 Å². The number of benzene rings is 1. The molecule has 1 saturated carbocycles. The van der Waals surface area contributed by atoms with Crippen LogP contribution in [0.5, 0.6) is 0 Å². The number of hydrogen-bond acceptors (Lipinski definition) is 2. The molecule has 1 aliphatic carbocycles. The zero-order valence-corrected chi connectivity index (χ0v) is 13.0. The molecule has 0 amide bonds. The lowest BCUT2D eigenvalue weighted by Crippen LogP contribution is -2.08. The molecule has 0 spiro atoms. The molecular weight excluding hydrogens is 321 g/mol. The van der Waals surface area contributed by atoms with Gasteiger partial charge in [-0.05, 0) is 53.9 Å². The Hall–Kier alpha value is -1.36. The SMILES string of the molecule is Cc1cn(C2CCCC2)c(Nc2cc(F)ccc2Br)n1. The molecule has 5 heteroatoms. The van der Waals surface area contributed by atoms with Crippen LogP contribution in [0.25, 0.3) is 0 Å². The lowest BCUT2D eigenvalue weighted by Gasteiger charge is -2.16. The van der Waals surface area contributed by atoms with Crippen molar-refractivity contribution in [3.8, 4) is 0 Å². The van der Waals surface area contributed by atoms with E-state index in [0.717, 1.165) is 16.1 Å².